The van der Waals surface area contributed by atoms with Gasteiger partial charge in [-0.15, -0.1) is 0 Å². The highest BCUT2D eigenvalue weighted by atomic mass is 16.5. The Morgan fingerprint density at radius 2 is 2.40 bits per heavy atom. The lowest BCUT2D eigenvalue weighted by Gasteiger charge is -2.25. The van der Waals surface area contributed by atoms with E-state index in [9.17, 15) is 4.79 Å². The van der Waals surface area contributed by atoms with Crippen molar-refractivity contribution >= 4 is 5.82 Å². The molecule has 2 rings (SSSR count). The molecule has 1 aromatic rings. The van der Waals surface area contributed by atoms with E-state index in [1.54, 1.807) is 24.1 Å². The summed E-state index contributed by atoms with van der Waals surface area (Å²) >= 11 is 0. The fourth-order valence-corrected chi connectivity index (χ4v) is 2.65. The number of aromatic nitrogens is 2. The van der Waals surface area contributed by atoms with Gasteiger partial charge in [0, 0.05) is 51.7 Å². The summed E-state index contributed by atoms with van der Waals surface area (Å²) in [6.45, 7) is 5.97. The first-order valence-electron chi connectivity index (χ1n) is 7.29. The number of hydrogen-bond acceptors (Lipinski definition) is 5. The standard InChI is InChI=1S/C14H24N4O2/c1-3-17-9-6-16-13(14(17)19)18-8-4-5-12(18)11-15-7-10-20-2/h6,9,12,15H,3-5,7-8,10-11H2,1-2H3. The average molecular weight is 280 g/mol. The summed E-state index contributed by atoms with van der Waals surface area (Å²) in [5.74, 6) is 0.588. The van der Waals surface area contributed by atoms with Crippen molar-refractivity contribution in [1.29, 1.82) is 0 Å². The minimum Gasteiger partial charge on any atom is -0.383 e. The molecule has 1 unspecified atom stereocenters. The molecule has 112 valence electrons. The topological polar surface area (TPSA) is 59.4 Å². The summed E-state index contributed by atoms with van der Waals surface area (Å²) in [5.41, 5.74) is 0.0128. The molecular weight excluding hydrogens is 256 g/mol. The van der Waals surface area contributed by atoms with Crippen molar-refractivity contribution in [3.8, 4) is 0 Å². The molecule has 6 nitrogen and oxygen atoms in total. The van der Waals surface area contributed by atoms with Crippen LogP contribution in [0.15, 0.2) is 17.2 Å². The van der Waals surface area contributed by atoms with Crippen LogP contribution in [0.2, 0.25) is 0 Å². The molecule has 6 heteroatoms. The van der Waals surface area contributed by atoms with Crippen LogP contribution >= 0.6 is 0 Å². The Hall–Kier alpha value is -1.40. The predicted molar refractivity (Wildman–Crippen MR) is 79.3 cm³/mol. The molecule has 0 saturated carbocycles. The molecule has 1 aliphatic rings. The summed E-state index contributed by atoms with van der Waals surface area (Å²) in [7, 11) is 1.70. The number of nitrogens with zero attached hydrogens (tertiary/aromatic N) is 3. The maximum atomic E-state index is 12.3. The van der Waals surface area contributed by atoms with Gasteiger partial charge in [-0.05, 0) is 19.8 Å². The Bertz CT molecular complexity index is 474. The Balaban J connectivity index is 2.05. The van der Waals surface area contributed by atoms with E-state index in [1.165, 1.54) is 0 Å². The molecule has 0 radical (unpaired) electrons. The summed E-state index contributed by atoms with van der Waals surface area (Å²) in [6.07, 6.45) is 5.67. The highest BCUT2D eigenvalue weighted by Crippen LogP contribution is 2.20. The fraction of sp³-hybridized carbons (Fsp3) is 0.714. The summed E-state index contributed by atoms with van der Waals surface area (Å²) in [6, 6.07) is 0.347. The predicted octanol–water partition coefficient (Wildman–Crippen LogP) is 0.468. The van der Waals surface area contributed by atoms with Gasteiger partial charge in [-0.3, -0.25) is 4.79 Å². The van der Waals surface area contributed by atoms with E-state index < -0.39 is 0 Å². The third kappa shape index (κ3) is 3.37. The van der Waals surface area contributed by atoms with E-state index in [4.69, 9.17) is 4.74 Å². The first-order valence-corrected chi connectivity index (χ1v) is 7.29. The zero-order valence-corrected chi connectivity index (χ0v) is 12.3. The van der Waals surface area contributed by atoms with E-state index in [0.29, 0.717) is 25.0 Å². The van der Waals surface area contributed by atoms with Crippen LogP contribution in [0, 0.1) is 0 Å². The smallest absolute Gasteiger partial charge is 0.293 e. The molecular formula is C14H24N4O2. The highest BCUT2D eigenvalue weighted by Gasteiger charge is 2.27. The van der Waals surface area contributed by atoms with E-state index in [0.717, 1.165) is 32.5 Å². The quantitative estimate of drug-likeness (QED) is 0.736. The third-order valence-corrected chi connectivity index (χ3v) is 3.75. The van der Waals surface area contributed by atoms with Crippen LogP contribution in [0.3, 0.4) is 0 Å². The average Bonchev–Trinajstić information content (AvgIpc) is 2.92. The molecule has 20 heavy (non-hydrogen) atoms. The van der Waals surface area contributed by atoms with Crippen LogP contribution in [0.4, 0.5) is 5.82 Å². The SMILES string of the molecule is CCn1ccnc(N2CCCC2CNCCOC)c1=O. The third-order valence-electron chi connectivity index (χ3n) is 3.75. The van der Waals surface area contributed by atoms with Crippen molar-refractivity contribution < 1.29 is 4.74 Å². The van der Waals surface area contributed by atoms with Crippen molar-refractivity contribution in [2.24, 2.45) is 0 Å². The van der Waals surface area contributed by atoms with Gasteiger partial charge in [0.25, 0.3) is 5.56 Å². The Morgan fingerprint density at radius 3 is 3.15 bits per heavy atom. The number of rotatable bonds is 7. The minimum atomic E-state index is 0.0128. The number of anilines is 1. The molecule has 2 heterocycles. The van der Waals surface area contributed by atoms with Crippen molar-refractivity contribution in [2.75, 3.05) is 38.3 Å². The first-order chi connectivity index (χ1) is 9.77. The van der Waals surface area contributed by atoms with Gasteiger partial charge < -0.3 is 19.5 Å². The number of nitrogens with one attached hydrogen (secondary N) is 1. The van der Waals surface area contributed by atoms with Gasteiger partial charge in [-0.25, -0.2) is 4.98 Å². The number of hydrogen-bond donors (Lipinski definition) is 1. The van der Waals surface area contributed by atoms with Crippen LogP contribution in [0.5, 0.6) is 0 Å². The number of ether oxygens (including phenoxy) is 1. The summed E-state index contributed by atoms with van der Waals surface area (Å²) in [4.78, 5) is 18.8. The largest absolute Gasteiger partial charge is 0.383 e. The van der Waals surface area contributed by atoms with Crippen molar-refractivity contribution in [1.82, 2.24) is 14.9 Å². The zero-order valence-electron chi connectivity index (χ0n) is 12.3. The summed E-state index contributed by atoms with van der Waals surface area (Å²) in [5, 5.41) is 3.37. The van der Waals surface area contributed by atoms with Crippen LogP contribution in [0.1, 0.15) is 19.8 Å². The Labute approximate surface area is 119 Å². The van der Waals surface area contributed by atoms with Gasteiger partial charge in [0.05, 0.1) is 6.61 Å². The maximum absolute atomic E-state index is 12.3. The van der Waals surface area contributed by atoms with Crippen LogP contribution in [-0.4, -0.2) is 48.9 Å². The van der Waals surface area contributed by atoms with E-state index >= 15 is 0 Å². The molecule has 0 aliphatic carbocycles. The van der Waals surface area contributed by atoms with E-state index in [2.05, 4.69) is 15.2 Å². The molecule has 1 aromatic heterocycles. The molecule has 0 spiro atoms. The molecule has 0 aromatic carbocycles. The van der Waals surface area contributed by atoms with Gasteiger partial charge in [0.15, 0.2) is 5.82 Å². The zero-order chi connectivity index (χ0) is 14.4. The molecule has 1 aliphatic heterocycles. The van der Waals surface area contributed by atoms with Gasteiger partial charge in [-0.1, -0.05) is 0 Å². The van der Waals surface area contributed by atoms with Gasteiger partial charge in [0.1, 0.15) is 0 Å². The number of aryl methyl sites for hydroxylation is 1. The Kier molecular flexibility index (Phi) is 5.55. The Morgan fingerprint density at radius 1 is 1.55 bits per heavy atom. The van der Waals surface area contributed by atoms with Crippen LogP contribution in [-0.2, 0) is 11.3 Å². The van der Waals surface area contributed by atoms with Crippen molar-refractivity contribution in [3.63, 3.8) is 0 Å². The molecule has 1 N–H and O–H groups in total. The molecule has 1 atom stereocenters. The minimum absolute atomic E-state index is 0.0128. The summed E-state index contributed by atoms with van der Waals surface area (Å²) < 4.78 is 6.73. The second kappa shape index (κ2) is 7.40. The first kappa shape index (κ1) is 15.0. The second-order valence-electron chi connectivity index (χ2n) is 5.03. The van der Waals surface area contributed by atoms with Gasteiger partial charge in [0.2, 0.25) is 0 Å². The molecule has 1 fully saturated rings. The van der Waals surface area contributed by atoms with Gasteiger partial charge >= 0.3 is 0 Å². The molecule has 0 amide bonds. The number of methoxy groups -OCH3 is 1. The fourth-order valence-electron chi connectivity index (χ4n) is 2.65. The highest BCUT2D eigenvalue weighted by molar-refractivity contribution is 5.38. The normalized spacial score (nSPS) is 18.7. The lowest BCUT2D eigenvalue weighted by Crippen LogP contribution is -2.42. The van der Waals surface area contributed by atoms with Gasteiger partial charge in [-0.2, -0.15) is 0 Å². The van der Waals surface area contributed by atoms with E-state index in [-0.39, 0.29) is 5.56 Å². The van der Waals surface area contributed by atoms with Crippen molar-refractivity contribution in [3.05, 3.63) is 22.7 Å². The van der Waals surface area contributed by atoms with Crippen LogP contribution in [0.25, 0.3) is 0 Å². The van der Waals surface area contributed by atoms with E-state index in [1.807, 2.05) is 6.92 Å². The van der Waals surface area contributed by atoms with Crippen LogP contribution < -0.4 is 15.8 Å². The molecule has 1 saturated heterocycles. The molecule has 0 bridgehead atoms. The maximum Gasteiger partial charge on any atom is 0.293 e. The monoisotopic (exact) mass is 280 g/mol. The van der Waals surface area contributed by atoms with Crippen molar-refractivity contribution in [2.45, 2.75) is 32.4 Å². The lowest BCUT2D eigenvalue weighted by atomic mass is 10.2. The second-order valence-corrected chi connectivity index (χ2v) is 5.03. The lowest BCUT2D eigenvalue weighted by molar-refractivity contribution is 0.199.